The fourth-order valence-electron chi connectivity index (χ4n) is 3.99. The Labute approximate surface area is 200 Å². The van der Waals surface area contributed by atoms with Gasteiger partial charge in [0.2, 0.25) is 0 Å². The number of aliphatic hydroxyl groups excluding tert-OH is 2. The van der Waals surface area contributed by atoms with Gasteiger partial charge in [0.1, 0.15) is 5.69 Å². The summed E-state index contributed by atoms with van der Waals surface area (Å²) in [5, 5.41) is 51.4. The van der Waals surface area contributed by atoms with Crippen LogP contribution in [0.4, 0.5) is 21.9 Å². The second-order valence-electron chi connectivity index (χ2n) is 8.05. The number of non-ortho nitro benzene ring substituents is 1. The molecular formula is C22H26ClN5O6. The summed E-state index contributed by atoms with van der Waals surface area (Å²) < 4.78 is 0. The number of carbonyl (C=O) groups is 1. The first-order valence-corrected chi connectivity index (χ1v) is 11.1. The zero-order chi connectivity index (χ0) is 24.8. The Hall–Kier alpha value is -3.12. The van der Waals surface area contributed by atoms with E-state index < -0.39 is 29.2 Å². The van der Waals surface area contributed by atoms with E-state index in [1.165, 1.54) is 18.2 Å². The van der Waals surface area contributed by atoms with Crippen LogP contribution in [0.2, 0.25) is 5.02 Å². The van der Waals surface area contributed by atoms with Crippen LogP contribution in [-0.4, -0.2) is 62.6 Å². The fourth-order valence-corrected chi connectivity index (χ4v) is 4.21. The first kappa shape index (κ1) is 25.5. The van der Waals surface area contributed by atoms with Crippen molar-refractivity contribution in [1.82, 2.24) is 10.2 Å². The monoisotopic (exact) mass is 491 g/mol. The van der Waals surface area contributed by atoms with Gasteiger partial charge in [-0.25, -0.2) is 4.79 Å². The normalized spacial score (nSPS) is 21.2. The zero-order valence-electron chi connectivity index (χ0n) is 18.4. The van der Waals surface area contributed by atoms with E-state index in [4.69, 9.17) is 11.6 Å². The van der Waals surface area contributed by atoms with Crippen molar-refractivity contribution in [3.05, 3.63) is 63.2 Å². The van der Waals surface area contributed by atoms with Crippen molar-refractivity contribution in [2.75, 3.05) is 13.2 Å². The number of nitrogens with zero attached hydrogens (tertiary/aromatic N) is 4. The molecule has 2 aromatic carbocycles. The maximum atomic E-state index is 11.5. The van der Waals surface area contributed by atoms with Gasteiger partial charge in [-0.05, 0) is 50.1 Å². The van der Waals surface area contributed by atoms with E-state index in [1.807, 2.05) is 19.1 Å². The van der Waals surface area contributed by atoms with Gasteiger partial charge in [-0.3, -0.25) is 15.0 Å². The van der Waals surface area contributed by atoms with Crippen LogP contribution in [0.5, 0.6) is 0 Å². The number of nitro groups is 1. The molecule has 1 heterocycles. The van der Waals surface area contributed by atoms with Gasteiger partial charge in [0.25, 0.3) is 5.69 Å². The Morgan fingerprint density at radius 1 is 1.29 bits per heavy atom. The second kappa shape index (κ2) is 11.3. The van der Waals surface area contributed by atoms with Crippen molar-refractivity contribution < 1.29 is 25.0 Å². The third kappa shape index (κ3) is 6.06. The minimum absolute atomic E-state index is 0.0411. The van der Waals surface area contributed by atoms with Crippen LogP contribution in [-0.2, 0) is 0 Å². The Balaban J connectivity index is 1.55. The van der Waals surface area contributed by atoms with Crippen LogP contribution >= 0.6 is 11.6 Å². The SMILES string of the molecule is CC(NCCC1[C@H](O)C[C@@H](CO)N1C(=O)O)c1ccc(N=Nc2ccc([N+](=O)[O-])cc2Cl)cc1. The number of nitrogens with one attached hydrogen (secondary N) is 1. The van der Waals surface area contributed by atoms with Crippen LogP contribution in [0.1, 0.15) is 31.4 Å². The molecule has 1 saturated heterocycles. The van der Waals surface area contributed by atoms with Gasteiger partial charge in [-0.15, -0.1) is 5.11 Å². The summed E-state index contributed by atoms with van der Waals surface area (Å²) in [6.07, 6.45) is -1.31. The predicted molar refractivity (Wildman–Crippen MR) is 125 cm³/mol. The molecule has 2 unspecified atom stereocenters. The molecule has 1 amide bonds. The fraction of sp³-hybridized carbons (Fsp3) is 0.409. The molecule has 4 N–H and O–H groups in total. The molecule has 0 saturated carbocycles. The van der Waals surface area contributed by atoms with E-state index in [1.54, 1.807) is 12.1 Å². The standard InChI is InChI=1S/C22H26ClN5O6/c1-13(24-9-8-20-21(30)11-17(12-29)27(20)22(31)32)14-2-4-15(5-3-14)25-26-19-7-6-16(28(33)34)10-18(19)23/h2-7,10,13,17,20-21,24,29-30H,8-9,11-12H2,1H3,(H,31,32)/t13?,17-,20?,21+/m0/s1. The zero-order valence-corrected chi connectivity index (χ0v) is 19.2. The van der Waals surface area contributed by atoms with Crippen molar-refractivity contribution in [3.8, 4) is 0 Å². The van der Waals surface area contributed by atoms with Crippen LogP contribution in [0.15, 0.2) is 52.7 Å². The number of azo groups is 1. The molecule has 0 radical (unpaired) electrons. The van der Waals surface area contributed by atoms with Gasteiger partial charge < -0.3 is 20.6 Å². The molecule has 0 bridgehead atoms. The van der Waals surface area contributed by atoms with Crippen molar-refractivity contribution in [2.45, 2.75) is 44.0 Å². The topological polar surface area (TPSA) is 161 Å². The van der Waals surface area contributed by atoms with Gasteiger partial charge in [0, 0.05) is 18.2 Å². The summed E-state index contributed by atoms with van der Waals surface area (Å²) in [6.45, 7) is 2.12. The number of benzene rings is 2. The molecule has 4 atom stereocenters. The highest BCUT2D eigenvalue weighted by atomic mass is 35.5. The van der Waals surface area contributed by atoms with Gasteiger partial charge in [-0.1, -0.05) is 23.7 Å². The minimum atomic E-state index is -1.14. The van der Waals surface area contributed by atoms with E-state index in [-0.39, 0.29) is 29.8 Å². The van der Waals surface area contributed by atoms with Crippen LogP contribution in [0.25, 0.3) is 0 Å². The summed E-state index contributed by atoms with van der Waals surface area (Å²) in [7, 11) is 0. The second-order valence-corrected chi connectivity index (χ2v) is 8.45. The maximum Gasteiger partial charge on any atom is 0.407 e. The summed E-state index contributed by atoms with van der Waals surface area (Å²) in [4.78, 5) is 22.9. The van der Waals surface area contributed by atoms with Crippen LogP contribution in [0.3, 0.4) is 0 Å². The van der Waals surface area contributed by atoms with E-state index in [9.17, 15) is 30.2 Å². The molecule has 1 fully saturated rings. The van der Waals surface area contributed by atoms with E-state index >= 15 is 0 Å². The number of rotatable bonds is 9. The van der Waals surface area contributed by atoms with E-state index in [2.05, 4.69) is 15.5 Å². The number of aliphatic hydroxyl groups is 2. The smallest absolute Gasteiger partial charge is 0.407 e. The Morgan fingerprint density at radius 3 is 2.59 bits per heavy atom. The molecule has 1 aliphatic heterocycles. The Bertz CT molecular complexity index is 1050. The number of nitro benzene ring substituents is 1. The summed E-state index contributed by atoms with van der Waals surface area (Å²) >= 11 is 6.02. The van der Waals surface area contributed by atoms with Crippen LogP contribution < -0.4 is 5.32 Å². The lowest BCUT2D eigenvalue weighted by Gasteiger charge is -2.27. The van der Waals surface area contributed by atoms with Crippen molar-refractivity contribution in [3.63, 3.8) is 0 Å². The quantitative estimate of drug-likeness (QED) is 0.232. The molecular weight excluding hydrogens is 466 g/mol. The molecule has 3 rings (SSSR count). The number of likely N-dealkylation sites (tertiary alicyclic amines) is 1. The van der Waals surface area contributed by atoms with E-state index in [0.29, 0.717) is 24.3 Å². The average molecular weight is 492 g/mol. The molecule has 0 aromatic heterocycles. The van der Waals surface area contributed by atoms with Gasteiger partial charge in [0.05, 0.1) is 40.4 Å². The molecule has 182 valence electrons. The van der Waals surface area contributed by atoms with Crippen LogP contribution in [0, 0.1) is 10.1 Å². The number of carboxylic acid groups (broad SMARTS) is 1. The molecule has 0 aliphatic carbocycles. The highest BCUT2D eigenvalue weighted by molar-refractivity contribution is 6.33. The third-order valence-corrected chi connectivity index (χ3v) is 6.14. The molecule has 2 aromatic rings. The Kier molecular flexibility index (Phi) is 8.51. The number of halogens is 1. The molecule has 0 spiro atoms. The lowest BCUT2D eigenvalue weighted by molar-refractivity contribution is -0.384. The number of hydrogen-bond donors (Lipinski definition) is 4. The first-order chi connectivity index (χ1) is 16.2. The van der Waals surface area contributed by atoms with Crippen molar-refractivity contribution >= 4 is 34.8 Å². The number of amides is 1. The maximum absolute atomic E-state index is 11.5. The molecule has 12 heteroatoms. The average Bonchev–Trinajstić information content (AvgIpc) is 3.14. The molecule has 11 nitrogen and oxygen atoms in total. The molecule has 1 aliphatic rings. The van der Waals surface area contributed by atoms with Gasteiger partial charge in [-0.2, -0.15) is 5.11 Å². The summed E-state index contributed by atoms with van der Waals surface area (Å²) in [5.74, 6) is 0. The lowest BCUT2D eigenvalue weighted by atomic mass is 10.1. The van der Waals surface area contributed by atoms with Gasteiger partial charge in [0.15, 0.2) is 0 Å². The van der Waals surface area contributed by atoms with E-state index in [0.717, 1.165) is 10.5 Å². The molecule has 34 heavy (non-hydrogen) atoms. The highest BCUT2D eigenvalue weighted by Crippen LogP contribution is 2.31. The minimum Gasteiger partial charge on any atom is -0.465 e. The summed E-state index contributed by atoms with van der Waals surface area (Å²) in [5.41, 5.74) is 1.75. The highest BCUT2D eigenvalue weighted by Gasteiger charge is 2.42. The predicted octanol–water partition coefficient (Wildman–Crippen LogP) is 4.18. The number of hydrogen-bond acceptors (Lipinski definition) is 8. The van der Waals surface area contributed by atoms with Crippen molar-refractivity contribution in [1.29, 1.82) is 0 Å². The lowest BCUT2D eigenvalue weighted by Crippen LogP contribution is -2.45. The van der Waals surface area contributed by atoms with Gasteiger partial charge >= 0.3 is 6.09 Å². The Morgan fingerprint density at radius 2 is 2.00 bits per heavy atom. The first-order valence-electron chi connectivity index (χ1n) is 10.7. The third-order valence-electron chi connectivity index (χ3n) is 5.84. The largest absolute Gasteiger partial charge is 0.465 e. The summed E-state index contributed by atoms with van der Waals surface area (Å²) in [6, 6.07) is 10.1. The van der Waals surface area contributed by atoms with Crippen molar-refractivity contribution in [2.24, 2.45) is 10.2 Å².